The summed E-state index contributed by atoms with van der Waals surface area (Å²) in [6, 6.07) is 17.9. The minimum absolute atomic E-state index is 0.0239. The predicted molar refractivity (Wildman–Crippen MR) is 106 cm³/mol. The van der Waals surface area contributed by atoms with Crippen LogP contribution in [0.2, 0.25) is 0 Å². The highest BCUT2D eigenvalue weighted by molar-refractivity contribution is 6.04. The van der Waals surface area contributed by atoms with Gasteiger partial charge in [0.2, 0.25) is 0 Å². The highest BCUT2D eigenvalue weighted by Crippen LogP contribution is 2.18. The van der Waals surface area contributed by atoms with Gasteiger partial charge < -0.3 is 22.1 Å². The lowest BCUT2D eigenvalue weighted by atomic mass is 10.1. The van der Waals surface area contributed by atoms with Gasteiger partial charge in [0.25, 0.3) is 11.8 Å². The molecule has 3 aromatic rings. The van der Waals surface area contributed by atoms with E-state index in [0.29, 0.717) is 22.8 Å². The molecule has 0 saturated heterocycles. The third-order valence-corrected chi connectivity index (χ3v) is 4.00. The monoisotopic (exact) mass is 361 g/mol. The summed E-state index contributed by atoms with van der Waals surface area (Å²) in [5, 5.41) is 6.61. The molecule has 1 aromatic heterocycles. The number of benzene rings is 2. The second kappa shape index (κ2) is 7.57. The average molecular weight is 361 g/mol. The Hall–Kier alpha value is -3.87. The number of amides is 2. The zero-order valence-electron chi connectivity index (χ0n) is 14.7. The van der Waals surface area contributed by atoms with Crippen molar-refractivity contribution in [2.24, 2.45) is 11.5 Å². The molecule has 0 unspecified atom stereocenters. The van der Waals surface area contributed by atoms with E-state index in [1.54, 1.807) is 37.3 Å². The fraction of sp³-hybridized carbons (Fsp3) is 0.0500. The van der Waals surface area contributed by atoms with Crippen LogP contribution in [0.15, 0.2) is 72.1 Å². The number of primary amides is 1. The highest BCUT2D eigenvalue weighted by atomic mass is 16.2. The van der Waals surface area contributed by atoms with Crippen molar-refractivity contribution in [3.8, 4) is 0 Å². The van der Waals surface area contributed by atoms with E-state index >= 15 is 0 Å². The van der Waals surface area contributed by atoms with Crippen molar-refractivity contribution in [1.82, 2.24) is 4.98 Å². The number of hydrogen-bond donors (Lipinski definition) is 4. The summed E-state index contributed by atoms with van der Waals surface area (Å²) >= 11 is 0. The molecule has 2 aromatic carbocycles. The topological polar surface area (TPSA) is 123 Å². The molecule has 0 saturated carbocycles. The third kappa shape index (κ3) is 4.04. The van der Waals surface area contributed by atoms with Crippen LogP contribution in [0.25, 0.3) is 10.9 Å². The smallest absolute Gasteiger partial charge is 0.274 e. The molecular weight excluding hydrogens is 342 g/mol. The lowest BCUT2D eigenvalue weighted by molar-refractivity contribution is -0.113. The molecule has 3 rings (SSSR count). The predicted octanol–water partition coefficient (Wildman–Crippen LogP) is 2.57. The molecule has 0 aliphatic heterocycles. The molecule has 0 atom stereocenters. The molecule has 0 bridgehead atoms. The molecule has 0 aliphatic carbocycles. The van der Waals surface area contributed by atoms with Crippen molar-refractivity contribution in [2.45, 2.75) is 6.92 Å². The summed E-state index contributed by atoms with van der Waals surface area (Å²) in [6.45, 7) is 1.64. The van der Waals surface area contributed by atoms with Crippen molar-refractivity contribution >= 4 is 34.2 Å². The van der Waals surface area contributed by atoms with E-state index in [2.05, 4.69) is 15.6 Å². The number of fused-ring (bicyclic) bond motifs is 1. The van der Waals surface area contributed by atoms with Crippen molar-refractivity contribution in [3.63, 3.8) is 0 Å². The summed E-state index contributed by atoms with van der Waals surface area (Å²) in [4.78, 5) is 28.3. The number of anilines is 2. The zero-order chi connectivity index (χ0) is 19.4. The second-order valence-corrected chi connectivity index (χ2v) is 5.92. The second-order valence-electron chi connectivity index (χ2n) is 5.92. The van der Waals surface area contributed by atoms with Gasteiger partial charge in [0.05, 0.1) is 16.8 Å². The maximum atomic E-state index is 12.4. The van der Waals surface area contributed by atoms with E-state index in [4.69, 9.17) is 11.5 Å². The Morgan fingerprint density at radius 1 is 0.889 bits per heavy atom. The first kappa shape index (κ1) is 17.9. The minimum Gasteiger partial charge on any atom is -0.393 e. The van der Waals surface area contributed by atoms with Crippen molar-refractivity contribution in [2.75, 3.05) is 10.6 Å². The number of rotatable bonds is 5. The van der Waals surface area contributed by atoms with E-state index < -0.39 is 11.8 Å². The summed E-state index contributed by atoms with van der Waals surface area (Å²) in [5.74, 6) is -0.680. The number of carbonyl (C=O) groups is 2. The van der Waals surface area contributed by atoms with Crippen LogP contribution < -0.4 is 22.1 Å². The summed E-state index contributed by atoms with van der Waals surface area (Å²) in [6.07, 6.45) is 0. The first-order chi connectivity index (χ1) is 13.0. The van der Waals surface area contributed by atoms with E-state index in [0.717, 1.165) is 10.9 Å². The number of nitrogens with zero attached hydrogens (tertiary/aromatic N) is 1. The molecule has 1 heterocycles. The lowest BCUT2D eigenvalue weighted by Crippen LogP contribution is -2.24. The van der Waals surface area contributed by atoms with Gasteiger partial charge in [0.15, 0.2) is 0 Å². The molecule has 7 heteroatoms. The van der Waals surface area contributed by atoms with Crippen LogP contribution in [0, 0.1) is 0 Å². The molecule has 0 radical (unpaired) electrons. The first-order valence-electron chi connectivity index (χ1n) is 8.25. The Bertz CT molecular complexity index is 1060. The van der Waals surface area contributed by atoms with Gasteiger partial charge in [-0.05, 0) is 37.3 Å². The van der Waals surface area contributed by atoms with Gasteiger partial charge in [-0.25, -0.2) is 4.98 Å². The SMILES string of the molecule is C/C(Nc1ccccc1C(N)=O)=C(/N)C(=O)Nc1ccc2ccccc2n1. The number of pyridine rings is 1. The molecule has 0 spiro atoms. The van der Waals surface area contributed by atoms with Gasteiger partial charge in [-0.3, -0.25) is 9.59 Å². The number of nitrogens with one attached hydrogen (secondary N) is 2. The van der Waals surface area contributed by atoms with Gasteiger partial charge in [-0.1, -0.05) is 30.3 Å². The fourth-order valence-corrected chi connectivity index (χ4v) is 2.57. The van der Waals surface area contributed by atoms with Crippen LogP contribution >= 0.6 is 0 Å². The number of carbonyl (C=O) groups excluding carboxylic acids is 2. The molecule has 6 N–H and O–H groups in total. The molecule has 136 valence electrons. The maximum absolute atomic E-state index is 12.4. The summed E-state index contributed by atoms with van der Waals surface area (Å²) in [7, 11) is 0. The molecule has 2 amide bonds. The standard InChI is InChI=1S/C20H19N5O2/c1-12(23-16-9-5-3-7-14(16)19(22)26)18(21)20(27)25-17-11-10-13-6-2-4-8-15(13)24-17/h2-11,23H,21H2,1H3,(H2,22,26)(H,24,25,27)/b18-12-. The summed E-state index contributed by atoms with van der Waals surface area (Å²) in [5.41, 5.74) is 13.2. The Kier molecular flexibility index (Phi) is 5.03. The number of para-hydroxylation sites is 2. The van der Waals surface area contributed by atoms with Crippen molar-refractivity contribution < 1.29 is 9.59 Å². The first-order valence-corrected chi connectivity index (χ1v) is 8.25. The van der Waals surface area contributed by atoms with Crippen LogP contribution in [0.3, 0.4) is 0 Å². The fourth-order valence-electron chi connectivity index (χ4n) is 2.57. The zero-order valence-corrected chi connectivity index (χ0v) is 14.7. The molecular formula is C20H19N5O2. The van der Waals surface area contributed by atoms with Gasteiger partial charge in [-0.15, -0.1) is 0 Å². The minimum atomic E-state index is -0.575. The molecule has 7 nitrogen and oxygen atoms in total. The van der Waals surface area contributed by atoms with Crippen LogP contribution in [-0.2, 0) is 4.79 Å². The Morgan fingerprint density at radius 2 is 1.59 bits per heavy atom. The van der Waals surface area contributed by atoms with Gasteiger partial charge in [-0.2, -0.15) is 0 Å². The number of aromatic nitrogens is 1. The van der Waals surface area contributed by atoms with Crippen molar-refractivity contribution in [3.05, 3.63) is 77.6 Å². The van der Waals surface area contributed by atoms with E-state index in [1.165, 1.54) is 0 Å². The Balaban J connectivity index is 1.79. The number of allylic oxidation sites excluding steroid dienone is 1. The van der Waals surface area contributed by atoms with Crippen LogP contribution in [-0.4, -0.2) is 16.8 Å². The number of hydrogen-bond acceptors (Lipinski definition) is 5. The maximum Gasteiger partial charge on any atom is 0.274 e. The molecule has 0 fully saturated rings. The van der Waals surface area contributed by atoms with Crippen LogP contribution in [0.5, 0.6) is 0 Å². The number of nitrogens with two attached hydrogens (primary N) is 2. The lowest BCUT2D eigenvalue weighted by Gasteiger charge is -2.13. The molecule has 27 heavy (non-hydrogen) atoms. The molecule has 0 aliphatic rings. The van der Waals surface area contributed by atoms with E-state index in [9.17, 15) is 9.59 Å². The van der Waals surface area contributed by atoms with Crippen molar-refractivity contribution in [1.29, 1.82) is 0 Å². The quantitative estimate of drug-likeness (QED) is 0.520. The normalized spacial score (nSPS) is 11.6. The van der Waals surface area contributed by atoms with Gasteiger partial charge in [0.1, 0.15) is 11.5 Å². The Morgan fingerprint density at radius 3 is 2.37 bits per heavy atom. The van der Waals surface area contributed by atoms with Gasteiger partial charge in [0, 0.05) is 11.1 Å². The average Bonchev–Trinajstić information content (AvgIpc) is 2.67. The van der Waals surface area contributed by atoms with E-state index in [-0.39, 0.29) is 5.70 Å². The third-order valence-electron chi connectivity index (χ3n) is 4.00. The van der Waals surface area contributed by atoms with Gasteiger partial charge >= 0.3 is 0 Å². The van der Waals surface area contributed by atoms with Crippen LogP contribution in [0.4, 0.5) is 11.5 Å². The van der Waals surface area contributed by atoms with E-state index in [1.807, 2.05) is 30.3 Å². The van der Waals surface area contributed by atoms with Crippen LogP contribution in [0.1, 0.15) is 17.3 Å². The largest absolute Gasteiger partial charge is 0.393 e. The Labute approximate surface area is 156 Å². The summed E-state index contributed by atoms with van der Waals surface area (Å²) < 4.78 is 0. The highest BCUT2D eigenvalue weighted by Gasteiger charge is 2.13.